The Hall–Kier alpha value is -3.19. The number of fused-ring (bicyclic) bond motifs is 2. The molecular weight excluding hydrogens is 362 g/mol. The van der Waals surface area contributed by atoms with Crippen LogP contribution in [0.2, 0.25) is 0 Å². The fourth-order valence-corrected chi connectivity index (χ4v) is 3.82. The Balaban J connectivity index is 1.62. The minimum Gasteiger partial charge on any atom is -0.497 e. The number of nitrogens with zero attached hydrogens (tertiary/aromatic N) is 2. The highest BCUT2D eigenvalue weighted by atomic mass is 32.1. The molecule has 6 nitrogen and oxygen atoms in total. The van der Waals surface area contributed by atoms with Gasteiger partial charge in [0.25, 0.3) is 11.5 Å². The van der Waals surface area contributed by atoms with Gasteiger partial charge in [-0.3, -0.25) is 14.0 Å². The molecule has 0 bridgehead atoms. The SMILES string of the molecule is COc1ccc(CNC(=O)c2cc3c(=O)n4cccc(C)c4nc3s2)cc1. The number of aromatic nitrogens is 2. The van der Waals surface area contributed by atoms with Crippen molar-refractivity contribution in [1.29, 1.82) is 0 Å². The Morgan fingerprint density at radius 1 is 1.26 bits per heavy atom. The van der Waals surface area contributed by atoms with Gasteiger partial charge in [0.15, 0.2) is 0 Å². The molecule has 4 aromatic rings. The van der Waals surface area contributed by atoms with Crippen molar-refractivity contribution in [1.82, 2.24) is 14.7 Å². The molecule has 4 rings (SSSR count). The maximum Gasteiger partial charge on any atom is 0.266 e. The third-order valence-electron chi connectivity index (χ3n) is 4.37. The normalized spacial score (nSPS) is 11.0. The molecule has 0 saturated carbocycles. The number of hydrogen-bond donors (Lipinski definition) is 1. The maximum atomic E-state index is 12.7. The first kappa shape index (κ1) is 17.2. The first-order valence-electron chi connectivity index (χ1n) is 8.39. The van der Waals surface area contributed by atoms with Crippen LogP contribution < -0.4 is 15.6 Å². The quantitative estimate of drug-likeness (QED) is 0.591. The zero-order valence-electron chi connectivity index (χ0n) is 14.9. The Bertz CT molecular complexity index is 1210. The summed E-state index contributed by atoms with van der Waals surface area (Å²) in [4.78, 5) is 30.8. The minimum atomic E-state index is -0.223. The summed E-state index contributed by atoms with van der Waals surface area (Å²) in [5.41, 5.74) is 2.33. The molecule has 0 aliphatic heterocycles. The van der Waals surface area contributed by atoms with E-state index in [4.69, 9.17) is 4.74 Å². The zero-order chi connectivity index (χ0) is 19.0. The summed E-state index contributed by atoms with van der Waals surface area (Å²) >= 11 is 1.23. The lowest BCUT2D eigenvalue weighted by Gasteiger charge is -2.05. The first-order valence-corrected chi connectivity index (χ1v) is 9.21. The number of carbonyl (C=O) groups excluding carboxylic acids is 1. The highest BCUT2D eigenvalue weighted by Gasteiger charge is 2.15. The van der Waals surface area contributed by atoms with E-state index in [0.29, 0.717) is 27.3 Å². The average Bonchev–Trinajstić information content (AvgIpc) is 3.12. The van der Waals surface area contributed by atoms with Gasteiger partial charge in [-0.1, -0.05) is 18.2 Å². The topological polar surface area (TPSA) is 72.7 Å². The fourth-order valence-electron chi connectivity index (χ4n) is 2.88. The highest BCUT2D eigenvalue weighted by molar-refractivity contribution is 7.20. The van der Waals surface area contributed by atoms with Crippen LogP contribution in [0.3, 0.4) is 0 Å². The van der Waals surface area contributed by atoms with Gasteiger partial charge in [-0.25, -0.2) is 4.98 Å². The molecule has 0 aliphatic carbocycles. The van der Waals surface area contributed by atoms with Crippen molar-refractivity contribution in [3.8, 4) is 5.75 Å². The molecule has 0 atom stereocenters. The summed E-state index contributed by atoms with van der Waals surface area (Å²) in [5.74, 6) is 0.544. The molecule has 136 valence electrons. The second kappa shape index (κ2) is 6.85. The number of methoxy groups -OCH3 is 1. The third kappa shape index (κ3) is 3.17. The molecule has 3 heterocycles. The lowest BCUT2D eigenvalue weighted by atomic mass is 10.2. The zero-order valence-corrected chi connectivity index (χ0v) is 15.7. The van der Waals surface area contributed by atoms with E-state index >= 15 is 0 Å². The highest BCUT2D eigenvalue weighted by Crippen LogP contribution is 2.23. The smallest absolute Gasteiger partial charge is 0.266 e. The predicted octanol–water partition coefficient (Wildman–Crippen LogP) is 3.16. The lowest BCUT2D eigenvalue weighted by molar-refractivity contribution is 0.0955. The second-order valence-electron chi connectivity index (χ2n) is 6.16. The molecule has 1 aromatic carbocycles. The van der Waals surface area contributed by atoms with Crippen LogP contribution in [0.4, 0.5) is 0 Å². The van der Waals surface area contributed by atoms with Crippen molar-refractivity contribution in [2.24, 2.45) is 0 Å². The molecule has 0 fully saturated rings. The van der Waals surface area contributed by atoms with Crippen LogP contribution in [-0.2, 0) is 6.54 Å². The Morgan fingerprint density at radius 2 is 2.04 bits per heavy atom. The maximum absolute atomic E-state index is 12.7. The summed E-state index contributed by atoms with van der Waals surface area (Å²) in [6, 6.07) is 12.8. The van der Waals surface area contributed by atoms with Gasteiger partial charge < -0.3 is 10.1 Å². The van der Waals surface area contributed by atoms with E-state index in [-0.39, 0.29) is 11.5 Å². The standard InChI is InChI=1S/C20H17N3O3S/c1-12-4-3-9-23-17(12)22-19-15(20(23)25)10-16(27-19)18(24)21-11-13-5-7-14(26-2)8-6-13/h3-10H,11H2,1-2H3,(H,21,24). The molecule has 0 radical (unpaired) electrons. The molecule has 0 saturated heterocycles. The van der Waals surface area contributed by atoms with Crippen LogP contribution in [0.5, 0.6) is 5.75 Å². The van der Waals surface area contributed by atoms with E-state index in [2.05, 4.69) is 10.3 Å². The van der Waals surface area contributed by atoms with Gasteiger partial charge in [-0.05, 0) is 42.3 Å². The van der Waals surface area contributed by atoms with E-state index in [1.807, 2.05) is 43.3 Å². The van der Waals surface area contributed by atoms with Crippen molar-refractivity contribution < 1.29 is 9.53 Å². The van der Waals surface area contributed by atoms with Crippen LogP contribution in [-0.4, -0.2) is 22.4 Å². The van der Waals surface area contributed by atoms with Crippen molar-refractivity contribution >= 4 is 33.1 Å². The third-order valence-corrected chi connectivity index (χ3v) is 5.40. The van der Waals surface area contributed by atoms with E-state index < -0.39 is 0 Å². The number of aryl methyl sites for hydroxylation is 1. The summed E-state index contributed by atoms with van der Waals surface area (Å²) < 4.78 is 6.64. The molecule has 3 aromatic heterocycles. The van der Waals surface area contributed by atoms with Crippen LogP contribution in [0.1, 0.15) is 20.8 Å². The second-order valence-corrected chi connectivity index (χ2v) is 7.19. The summed E-state index contributed by atoms with van der Waals surface area (Å²) in [6.07, 6.45) is 1.69. The largest absolute Gasteiger partial charge is 0.497 e. The first-order chi connectivity index (χ1) is 13.1. The minimum absolute atomic E-state index is 0.163. The van der Waals surface area contributed by atoms with Gasteiger partial charge in [-0.15, -0.1) is 11.3 Å². The number of carbonyl (C=O) groups is 1. The van der Waals surface area contributed by atoms with E-state index in [0.717, 1.165) is 16.9 Å². The number of rotatable bonds is 4. The van der Waals surface area contributed by atoms with E-state index in [9.17, 15) is 9.59 Å². The van der Waals surface area contributed by atoms with E-state index in [1.165, 1.54) is 15.7 Å². The summed E-state index contributed by atoms with van der Waals surface area (Å²) in [6.45, 7) is 2.30. The molecule has 1 N–H and O–H groups in total. The predicted molar refractivity (Wildman–Crippen MR) is 106 cm³/mol. The lowest BCUT2D eigenvalue weighted by Crippen LogP contribution is -2.21. The van der Waals surface area contributed by atoms with Crippen LogP contribution in [0.25, 0.3) is 15.9 Å². The van der Waals surface area contributed by atoms with Crippen LogP contribution >= 0.6 is 11.3 Å². The van der Waals surface area contributed by atoms with Crippen LogP contribution in [0, 0.1) is 6.92 Å². The van der Waals surface area contributed by atoms with Crippen molar-refractivity contribution in [3.63, 3.8) is 0 Å². The van der Waals surface area contributed by atoms with Crippen LogP contribution in [0.15, 0.2) is 53.5 Å². The number of pyridine rings is 1. The fraction of sp³-hybridized carbons (Fsp3) is 0.150. The number of nitrogens with one attached hydrogen (secondary N) is 1. The van der Waals surface area contributed by atoms with Gasteiger partial charge in [-0.2, -0.15) is 0 Å². The number of benzene rings is 1. The van der Waals surface area contributed by atoms with Gasteiger partial charge in [0.05, 0.1) is 17.4 Å². The summed E-state index contributed by atoms with van der Waals surface area (Å²) in [7, 11) is 1.61. The number of thiophene rings is 1. The average molecular weight is 379 g/mol. The van der Waals surface area contributed by atoms with Crippen molar-refractivity contribution in [2.75, 3.05) is 7.11 Å². The number of ether oxygens (including phenoxy) is 1. The monoisotopic (exact) mass is 379 g/mol. The molecule has 0 unspecified atom stereocenters. The molecule has 1 amide bonds. The molecule has 27 heavy (non-hydrogen) atoms. The van der Waals surface area contributed by atoms with Crippen molar-refractivity contribution in [2.45, 2.75) is 13.5 Å². The Kier molecular flexibility index (Phi) is 4.37. The Morgan fingerprint density at radius 3 is 2.78 bits per heavy atom. The van der Waals surface area contributed by atoms with Gasteiger partial charge in [0.2, 0.25) is 0 Å². The number of hydrogen-bond acceptors (Lipinski definition) is 5. The molecule has 0 spiro atoms. The molecule has 0 aliphatic rings. The Labute approximate surface area is 159 Å². The van der Waals surface area contributed by atoms with Gasteiger partial charge in [0.1, 0.15) is 16.2 Å². The van der Waals surface area contributed by atoms with E-state index in [1.54, 1.807) is 19.4 Å². The molecule has 7 heteroatoms. The number of amides is 1. The molecular formula is C20H17N3O3S. The summed E-state index contributed by atoms with van der Waals surface area (Å²) in [5, 5.41) is 3.34. The van der Waals surface area contributed by atoms with Gasteiger partial charge >= 0.3 is 0 Å². The van der Waals surface area contributed by atoms with Gasteiger partial charge in [0, 0.05) is 12.7 Å². The van der Waals surface area contributed by atoms with Crippen molar-refractivity contribution in [3.05, 3.63) is 75.0 Å².